The van der Waals surface area contributed by atoms with Crippen molar-refractivity contribution in [1.82, 2.24) is 0 Å². The van der Waals surface area contributed by atoms with Gasteiger partial charge in [-0.2, -0.15) is 0 Å². The molecule has 0 saturated heterocycles. The summed E-state index contributed by atoms with van der Waals surface area (Å²) in [4.78, 5) is 25.1. The summed E-state index contributed by atoms with van der Waals surface area (Å²) < 4.78 is 5.58. The molecule has 164 valence electrons. The molecule has 0 aromatic heterocycles. The van der Waals surface area contributed by atoms with E-state index in [0.717, 1.165) is 33.0 Å². The van der Waals surface area contributed by atoms with Crippen LogP contribution in [0.4, 0.5) is 0 Å². The average molecular weight is 437 g/mol. The van der Waals surface area contributed by atoms with E-state index in [1.54, 1.807) is 6.07 Å². The largest absolute Gasteiger partial charge is 0.479 e. The molecule has 5 nitrogen and oxygen atoms in total. The summed E-state index contributed by atoms with van der Waals surface area (Å²) in [5.41, 5.74) is 8.95. The number of ether oxygens (including phenoxy) is 1. The Kier molecular flexibility index (Phi) is 5.19. The minimum atomic E-state index is -2.18. The van der Waals surface area contributed by atoms with Crippen LogP contribution in [0.25, 0.3) is 21.9 Å². The first-order valence-corrected chi connectivity index (χ1v) is 10.8. The molecule has 0 fully saturated rings. The fourth-order valence-corrected chi connectivity index (χ4v) is 4.63. The molecule has 4 aromatic carbocycles. The van der Waals surface area contributed by atoms with Crippen LogP contribution in [-0.2, 0) is 20.7 Å². The topological polar surface area (TPSA) is 89.6 Å². The molecule has 0 bridgehead atoms. The standard InChI is InChI=1S/C28H23NO4/c29-28(26(30)31,16-18-13-14-19-7-1-2-8-20(19)15-18)27(32)33-17-25-23-11-5-3-9-21(23)22-10-4-6-12-24(22)25/h1-15,25H,16-17,29H2,(H,30,31)/t28-/m0/s1. The van der Waals surface area contributed by atoms with E-state index in [4.69, 9.17) is 10.5 Å². The van der Waals surface area contributed by atoms with Crippen LogP contribution in [-0.4, -0.2) is 29.2 Å². The molecule has 0 saturated carbocycles. The normalized spacial score (nSPS) is 14.3. The number of hydrogen-bond donors (Lipinski definition) is 2. The highest BCUT2D eigenvalue weighted by Gasteiger charge is 2.45. The number of rotatable bonds is 6. The van der Waals surface area contributed by atoms with Crippen LogP contribution in [0.1, 0.15) is 22.6 Å². The Morgan fingerprint density at radius 2 is 1.39 bits per heavy atom. The van der Waals surface area contributed by atoms with Crippen LogP contribution in [0.3, 0.4) is 0 Å². The van der Waals surface area contributed by atoms with Gasteiger partial charge in [0.2, 0.25) is 5.54 Å². The van der Waals surface area contributed by atoms with Gasteiger partial charge >= 0.3 is 11.9 Å². The summed E-state index contributed by atoms with van der Waals surface area (Å²) in [6.07, 6.45) is -0.163. The maximum Gasteiger partial charge on any atom is 0.338 e. The zero-order chi connectivity index (χ0) is 23.0. The maximum absolute atomic E-state index is 13.0. The molecule has 33 heavy (non-hydrogen) atoms. The SMILES string of the molecule is N[C@@](Cc1ccc2ccccc2c1)(C(=O)O)C(=O)OCC1c2ccccc2-c2ccccc21. The summed E-state index contributed by atoms with van der Waals surface area (Å²) in [6, 6.07) is 29.2. The van der Waals surface area contributed by atoms with Gasteiger partial charge in [0, 0.05) is 12.3 Å². The van der Waals surface area contributed by atoms with Crippen LogP contribution in [0.15, 0.2) is 91.0 Å². The first kappa shape index (κ1) is 20.9. The summed E-state index contributed by atoms with van der Waals surface area (Å²) >= 11 is 0. The van der Waals surface area contributed by atoms with E-state index in [-0.39, 0.29) is 18.9 Å². The van der Waals surface area contributed by atoms with E-state index >= 15 is 0 Å². The molecule has 5 heteroatoms. The van der Waals surface area contributed by atoms with Gasteiger partial charge in [0.15, 0.2) is 0 Å². The molecule has 1 atom stereocenters. The minimum Gasteiger partial charge on any atom is -0.479 e. The van der Waals surface area contributed by atoms with E-state index in [0.29, 0.717) is 5.56 Å². The Morgan fingerprint density at radius 1 is 0.818 bits per heavy atom. The highest BCUT2D eigenvalue weighted by Crippen LogP contribution is 2.44. The van der Waals surface area contributed by atoms with Gasteiger partial charge in [-0.05, 0) is 38.6 Å². The van der Waals surface area contributed by atoms with Crippen molar-refractivity contribution in [2.24, 2.45) is 5.73 Å². The van der Waals surface area contributed by atoms with Gasteiger partial charge in [0.25, 0.3) is 0 Å². The van der Waals surface area contributed by atoms with Gasteiger partial charge in [-0.25, -0.2) is 9.59 Å². The van der Waals surface area contributed by atoms with Crippen LogP contribution in [0.5, 0.6) is 0 Å². The number of carboxylic acids is 1. The molecular weight excluding hydrogens is 414 g/mol. The number of carbonyl (C=O) groups is 2. The van der Waals surface area contributed by atoms with Crippen LogP contribution in [0.2, 0.25) is 0 Å². The van der Waals surface area contributed by atoms with Crippen molar-refractivity contribution >= 4 is 22.7 Å². The number of carbonyl (C=O) groups excluding carboxylic acids is 1. The number of hydrogen-bond acceptors (Lipinski definition) is 4. The molecule has 1 aliphatic carbocycles. The molecule has 0 unspecified atom stereocenters. The summed E-state index contributed by atoms with van der Waals surface area (Å²) in [5.74, 6) is -2.52. The van der Waals surface area contributed by atoms with Crippen LogP contribution >= 0.6 is 0 Å². The second-order valence-corrected chi connectivity index (χ2v) is 8.46. The lowest BCUT2D eigenvalue weighted by Gasteiger charge is -2.24. The number of esters is 1. The number of aliphatic carboxylic acids is 1. The Hall–Kier alpha value is -3.96. The quantitative estimate of drug-likeness (QED) is 0.342. The molecule has 0 radical (unpaired) electrons. The third-order valence-electron chi connectivity index (χ3n) is 6.39. The first-order chi connectivity index (χ1) is 16.0. The second-order valence-electron chi connectivity index (χ2n) is 8.46. The van der Waals surface area contributed by atoms with Crippen molar-refractivity contribution in [2.45, 2.75) is 17.9 Å². The lowest BCUT2D eigenvalue weighted by atomic mass is 9.90. The minimum absolute atomic E-state index is 0.0246. The number of nitrogens with two attached hydrogens (primary N) is 1. The molecule has 0 spiro atoms. The van der Waals surface area contributed by atoms with Crippen LogP contribution in [0, 0.1) is 0 Å². The molecular formula is C28H23NO4. The van der Waals surface area contributed by atoms with Crippen molar-refractivity contribution in [2.75, 3.05) is 6.61 Å². The predicted molar refractivity (Wildman–Crippen MR) is 127 cm³/mol. The maximum atomic E-state index is 13.0. The first-order valence-electron chi connectivity index (χ1n) is 10.8. The lowest BCUT2D eigenvalue weighted by molar-refractivity contribution is -0.161. The van der Waals surface area contributed by atoms with Gasteiger partial charge in [0.1, 0.15) is 6.61 Å². The molecule has 4 aromatic rings. The van der Waals surface area contributed by atoms with E-state index in [2.05, 4.69) is 0 Å². The average Bonchev–Trinajstić information content (AvgIpc) is 3.16. The fraction of sp³-hybridized carbons (Fsp3) is 0.143. The van der Waals surface area contributed by atoms with Crippen molar-refractivity contribution in [3.63, 3.8) is 0 Å². The molecule has 3 N–H and O–H groups in total. The van der Waals surface area contributed by atoms with E-state index in [9.17, 15) is 14.7 Å². The van der Waals surface area contributed by atoms with Crippen LogP contribution < -0.4 is 5.73 Å². The van der Waals surface area contributed by atoms with Gasteiger partial charge in [-0.3, -0.25) is 0 Å². The van der Waals surface area contributed by atoms with Gasteiger partial charge in [0.05, 0.1) is 0 Å². The lowest BCUT2D eigenvalue weighted by Crippen LogP contribution is -2.57. The summed E-state index contributed by atoms with van der Waals surface area (Å²) in [7, 11) is 0. The third kappa shape index (κ3) is 3.66. The molecule has 0 heterocycles. The molecule has 1 aliphatic rings. The van der Waals surface area contributed by atoms with E-state index in [1.165, 1.54) is 0 Å². The predicted octanol–water partition coefficient (Wildman–Crippen LogP) is 4.52. The number of benzene rings is 4. The van der Waals surface area contributed by atoms with Crippen molar-refractivity contribution < 1.29 is 19.4 Å². The smallest absolute Gasteiger partial charge is 0.338 e. The highest BCUT2D eigenvalue weighted by atomic mass is 16.5. The van der Waals surface area contributed by atoms with E-state index < -0.39 is 17.5 Å². The third-order valence-corrected chi connectivity index (χ3v) is 6.39. The summed E-state index contributed by atoms with van der Waals surface area (Å²) in [5, 5.41) is 11.8. The Bertz CT molecular complexity index is 1330. The van der Waals surface area contributed by atoms with Crippen molar-refractivity contribution in [1.29, 1.82) is 0 Å². The molecule has 0 aliphatic heterocycles. The highest BCUT2D eigenvalue weighted by molar-refractivity contribution is 6.04. The Labute approximate surface area is 191 Å². The molecule has 5 rings (SSSR count). The van der Waals surface area contributed by atoms with Crippen molar-refractivity contribution in [3.05, 3.63) is 108 Å². The zero-order valence-electron chi connectivity index (χ0n) is 17.9. The number of carboxylic acid groups (broad SMARTS) is 1. The van der Waals surface area contributed by atoms with Crippen molar-refractivity contribution in [3.8, 4) is 11.1 Å². The van der Waals surface area contributed by atoms with Gasteiger partial charge in [-0.15, -0.1) is 0 Å². The Balaban J connectivity index is 1.38. The molecule has 0 amide bonds. The monoisotopic (exact) mass is 437 g/mol. The Morgan fingerprint density at radius 3 is 2.03 bits per heavy atom. The fourth-order valence-electron chi connectivity index (χ4n) is 4.63. The second kappa shape index (κ2) is 8.19. The zero-order valence-corrected chi connectivity index (χ0v) is 17.9. The van der Waals surface area contributed by atoms with E-state index in [1.807, 2.05) is 84.9 Å². The number of fused-ring (bicyclic) bond motifs is 4. The van der Waals surface area contributed by atoms with Gasteiger partial charge in [-0.1, -0.05) is 91.0 Å². The van der Waals surface area contributed by atoms with Gasteiger partial charge < -0.3 is 15.6 Å². The summed E-state index contributed by atoms with van der Waals surface area (Å²) in [6.45, 7) is 0.0246.